The van der Waals surface area contributed by atoms with Gasteiger partial charge in [0.1, 0.15) is 5.60 Å². The van der Waals surface area contributed by atoms with Gasteiger partial charge < -0.3 is 21.3 Å². The molecule has 0 saturated carbocycles. The minimum Gasteiger partial charge on any atom is -0.480 e. The maximum Gasteiger partial charge on any atom is 0.324 e. The minimum absolute atomic E-state index is 0.0295. The highest BCUT2D eigenvalue weighted by Gasteiger charge is 2.50. The van der Waals surface area contributed by atoms with Crippen molar-refractivity contribution in [3.05, 3.63) is 35.9 Å². The first-order chi connectivity index (χ1) is 13.0. The fraction of sp³-hybridized carbons (Fsp3) is 0.571. The lowest BCUT2D eigenvalue weighted by atomic mass is 9.76. The molecule has 156 valence electrons. The minimum atomic E-state index is -1.96. The second-order valence-corrected chi connectivity index (χ2v) is 8.07. The van der Waals surface area contributed by atoms with Crippen LogP contribution in [-0.2, 0) is 25.5 Å². The molecule has 0 radical (unpaired) electrons. The standard InChI is InChI=1S/C21H32N2O5/c1-20(2,3)28-19(27)21(18(25)26,11-7-8-12-22)14-17(24)16(23)13-15-9-5-4-6-10-15/h4-6,9-10,16H,7-8,11-14,22-23H2,1-3H3,(H,25,26). The number of benzene rings is 1. The van der Waals surface area contributed by atoms with Crippen molar-refractivity contribution in [1.82, 2.24) is 0 Å². The Hall–Kier alpha value is -2.25. The van der Waals surface area contributed by atoms with E-state index in [0.717, 1.165) is 5.56 Å². The van der Waals surface area contributed by atoms with Crippen molar-refractivity contribution in [1.29, 1.82) is 0 Å². The van der Waals surface area contributed by atoms with Crippen LogP contribution in [0.5, 0.6) is 0 Å². The van der Waals surface area contributed by atoms with Crippen LogP contribution in [0, 0.1) is 5.41 Å². The van der Waals surface area contributed by atoms with E-state index in [9.17, 15) is 19.5 Å². The predicted octanol–water partition coefficient (Wildman–Crippen LogP) is 2.06. The van der Waals surface area contributed by atoms with Gasteiger partial charge in [0.2, 0.25) is 0 Å². The lowest BCUT2D eigenvalue weighted by Gasteiger charge is -2.31. The smallest absolute Gasteiger partial charge is 0.324 e. The zero-order chi connectivity index (χ0) is 21.4. The van der Waals surface area contributed by atoms with E-state index in [-0.39, 0.29) is 12.8 Å². The molecule has 0 spiro atoms. The Morgan fingerprint density at radius 1 is 1.11 bits per heavy atom. The number of nitrogens with two attached hydrogens (primary N) is 2. The summed E-state index contributed by atoms with van der Waals surface area (Å²) in [5.74, 6) is -2.77. The number of esters is 1. The number of aliphatic carboxylic acids is 1. The number of ketones is 1. The summed E-state index contributed by atoms with van der Waals surface area (Å²) in [6, 6.07) is 8.30. The van der Waals surface area contributed by atoms with Gasteiger partial charge in [-0.2, -0.15) is 0 Å². The number of carboxylic acids is 1. The first-order valence-corrected chi connectivity index (χ1v) is 9.51. The van der Waals surface area contributed by atoms with E-state index >= 15 is 0 Å². The Bertz CT molecular complexity index is 669. The van der Waals surface area contributed by atoms with Crippen LogP contribution in [0.1, 0.15) is 52.0 Å². The van der Waals surface area contributed by atoms with Gasteiger partial charge in [0, 0.05) is 6.42 Å². The highest BCUT2D eigenvalue weighted by molar-refractivity contribution is 6.04. The van der Waals surface area contributed by atoms with Crippen LogP contribution in [0.15, 0.2) is 30.3 Å². The fourth-order valence-corrected chi connectivity index (χ4v) is 2.89. The van der Waals surface area contributed by atoms with Gasteiger partial charge in [-0.1, -0.05) is 36.8 Å². The number of ether oxygens (including phenoxy) is 1. The van der Waals surface area contributed by atoms with Gasteiger partial charge >= 0.3 is 11.9 Å². The lowest BCUT2D eigenvalue weighted by molar-refractivity contribution is -0.179. The number of hydrogen-bond donors (Lipinski definition) is 3. The zero-order valence-electron chi connectivity index (χ0n) is 16.9. The first-order valence-electron chi connectivity index (χ1n) is 9.51. The third-order valence-electron chi connectivity index (χ3n) is 4.44. The zero-order valence-corrected chi connectivity index (χ0v) is 16.9. The molecule has 0 aliphatic carbocycles. The Morgan fingerprint density at radius 2 is 1.71 bits per heavy atom. The molecule has 0 amide bonds. The van der Waals surface area contributed by atoms with E-state index < -0.39 is 41.2 Å². The molecular formula is C21H32N2O5. The SMILES string of the molecule is CC(C)(C)OC(=O)C(CCCCN)(CC(=O)C(N)Cc1ccccc1)C(=O)O. The van der Waals surface area contributed by atoms with E-state index in [1.807, 2.05) is 30.3 Å². The molecule has 0 aliphatic heterocycles. The molecule has 2 unspecified atom stereocenters. The number of hydrogen-bond acceptors (Lipinski definition) is 6. The van der Waals surface area contributed by atoms with Crippen molar-refractivity contribution in [2.75, 3.05) is 6.54 Å². The van der Waals surface area contributed by atoms with Gasteiger partial charge in [-0.15, -0.1) is 0 Å². The second-order valence-electron chi connectivity index (χ2n) is 8.07. The summed E-state index contributed by atoms with van der Waals surface area (Å²) >= 11 is 0. The van der Waals surface area contributed by atoms with Crippen molar-refractivity contribution < 1.29 is 24.2 Å². The van der Waals surface area contributed by atoms with Crippen LogP contribution in [-0.4, -0.2) is 41.0 Å². The molecule has 2 atom stereocenters. The Kier molecular flexibility index (Phi) is 8.78. The van der Waals surface area contributed by atoms with Crippen LogP contribution in [0.3, 0.4) is 0 Å². The van der Waals surface area contributed by atoms with Crippen LogP contribution in [0.2, 0.25) is 0 Å². The average Bonchev–Trinajstić information content (AvgIpc) is 2.59. The Morgan fingerprint density at radius 3 is 2.21 bits per heavy atom. The third kappa shape index (κ3) is 7.05. The number of carbonyl (C=O) groups excluding carboxylic acids is 2. The van der Waals surface area contributed by atoms with Crippen molar-refractivity contribution in [2.45, 2.75) is 64.5 Å². The summed E-state index contributed by atoms with van der Waals surface area (Å²) in [4.78, 5) is 37.7. The summed E-state index contributed by atoms with van der Waals surface area (Å²) in [5, 5.41) is 9.89. The van der Waals surface area contributed by atoms with Gasteiger partial charge in [-0.25, -0.2) is 0 Å². The van der Waals surface area contributed by atoms with Gasteiger partial charge in [-0.05, 0) is 52.1 Å². The Balaban J connectivity index is 3.05. The van der Waals surface area contributed by atoms with Crippen molar-refractivity contribution in [3.63, 3.8) is 0 Å². The second kappa shape index (κ2) is 10.3. The van der Waals surface area contributed by atoms with Crippen LogP contribution >= 0.6 is 0 Å². The average molecular weight is 392 g/mol. The summed E-state index contributed by atoms with van der Waals surface area (Å²) in [5.41, 5.74) is 9.55. The summed E-state index contributed by atoms with van der Waals surface area (Å²) in [6.07, 6.45) is 0.673. The number of unbranched alkanes of at least 4 members (excludes halogenated alkanes) is 1. The molecule has 5 N–H and O–H groups in total. The molecule has 1 aromatic rings. The van der Waals surface area contributed by atoms with E-state index in [0.29, 0.717) is 19.4 Å². The summed E-state index contributed by atoms with van der Waals surface area (Å²) in [7, 11) is 0. The normalized spacial score (nSPS) is 14.8. The van der Waals surface area contributed by atoms with E-state index in [2.05, 4.69) is 0 Å². The molecule has 7 heteroatoms. The molecule has 28 heavy (non-hydrogen) atoms. The number of rotatable bonds is 11. The molecule has 0 bridgehead atoms. The summed E-state index contributed by atoms with van der Waals surface area (Å²) < 4.78 is 5.35. The largest absolute Gasteiger partial charge is 0.480 e. The molecule has 1 rings (SSSR count). The highest BCUT2D eigenvalue weighted by Crippen LogP contribution is 2.34. The van der Waals surface area contributed by atoms with E-state index in [1.54, 1.807) is 20.8 Å². The van der Waals surface area contributed by atoms with E-state index in [4.69, 9.17) is 16.2 Å². The number of carbonyl (C=O) groups is 3. The van der Waals surface area contributed by atoms with E-state index in [1.165, 1.54) is 0 Å². The quantitative estimate of drug-likeness (QED) is 0.298. The molecule has 7 nitrogen and oxygen atoms in total. The van der Waals surface area contributed by atoms with Crippen LogP contribution < -0.4 is 11.5 Å². The molecule has 0 saturated heterocycles. The third-order valence-corrected chi connectivity index (χ3v) is 4.44. The van der Waals surface area contributed by atoms with Crippen LogP contribution in [0.4, 0.5) is 0 Å². The highest BCUT2D eigenvalue weighted by atomic mass is 16.6. The van der Waals surface area contributed by atoms with Crippen molar-refractivity contribution in [3.8, 4) is 0 Å². The van der Waals surface area contributed by atoms with Crippen molar-refractivity contribution in [2.24, 2.45) is 16.9 Å². The van der Waals surface area contributed by atoms with Gasteiger partial charge in [0.05, 0.1) is 6.04 Å². The maximum atomic E-state index is 12.8. The molecule has 0 fully saturated rings. The predicted molar refractivity (Wildman–Crippen MR) is 107 cm³/mol. The maximum absolute atomic E-state index is 12.8. The number of Topliss-reactive ketones (excluding diaryl/α,β-unsaturated/α-hetero) is 1. The lowest BCUT2D eigenvalue weighted by Crippen LogP contribution is -2.47. The van der Waals surface area contributed by atoms with Gasteiger partial charge in [-0.3, -0.25) is 14.4 Å². The monoisotopic (exact) mass is 392 g/mol. The van der Waals surface area contributed by atoms with Gasteiger partial charge in [0.15, 0.2) is 11.2 Å². The Labute approximate surface area is 166 Å². The molecule has 0 aliphatic rings. The molecule has 0 aromatic heterocycles. The first kappa shape index (κ1) is 23.8. The van der Waals surface area contributed by atoms with Crippen LogP contribution in [0.25, 0.3) is 0 Å². The van der Waals surface area contributed by atoms with Gasteiger partial charge in [0.25, 0.3) is 0 Å². The summed E-state index contributed by atoms with van der Waals surface area (Å²) in [6.45, 7) is 5.33. The molecule has 1 aromatic carbocycles. The topological polar surface area (TPSA) is 133 Å². The fourth-order valence-electron chi connectivity index (χ4n) is 2.89. The molecule has 0 heterocycles. The number of carboxylic acid groups (broad SMARTS) is 1. The molecular weight excluding hydrogens is 360 g/mol. The van der Waals surface area contributed by atoms with Crippen molar-refractivity contribution >= 4 is 17.7 Å².